The molecule has 1 amide bonds. The number of carbonyl (C=O) groups is 1. The third-order valence-corrected chi connectivity index (χ3v) is 2.80. The van der Waals surface area contributed by atoms with Crippen molar-refractivity contribution in [2.75, 3.05) is 0 Å². The van der Waals surface area contributed by atoms with Gasteiger partial charge in [0.15, 0.2) is 0 Å². The van der Waals surface area contributed by atoms with Crippen LogP contribution in [0.3, 0.4) is 0 Å². The van der Waals surface area contributed by atoms with Crippen molar-refractivity contribution in [1.29, 1.82) is 0 Å². The Hall–Kier alpha value is 0.379. The van der Waals surface area contributed by atoms with Gasteiger partial charge < -0.3 is 11.7 Å². The fraction of sp³-hybridized carbons (Fsp3) is 0.667. The maximum absolute atomic E-state index is 11.3. The molecule has 1 heterocycles. The Balaban J connectivity index is 0.00000225. The number of nitrogens with zero attached hydrogens (tertiary/aromatic N) is 1. The van der Waals surface area contributed by atoms with E-state index in [-0.39, 0.29) is 44.7 Å². The largest absolute Gasteiger partial charge is 0.394 e. The van der Waals surface area contributed by atoms with Crippen LogP contribution in [0, 0.1) is 6.92 Å². The molecule has 0 aromatic heterocycles. The topological polar surface area (TPSA) is 20.3 Å². The molecule has 0 saturated carbocycles. The number of allylic oxidation sites excluding steroid dienone is 1. The molecule has 4 heteroatoms. The fourth-order valence-corrected chi connectivity index (χ4v) is 1.83. The minimum absolute atomic E-state index is 0. The van der Waals surface area contributed by atoms with Crippen LogP contribution in [0.15, 0.2) is 12.2 Å². The first kappa shape index (κ1) is 16.4. The van der Waals surface area contributed by atoms with Gasteiger partial charge in [-0.05, 0) is 25.7 Å². The van der Waals surface area contributed by atoms with E-state index in [0.717, 1.165) is 38.5 Å². The molecule has 1 unspecified atom stereocenters. The molecule has 1 saturated heterocycles. The van der Waals surface area contributed by atoms with Crippen LogP contribution in [0.1, 0.15) is 44.9 Å². The normalized spacial score (nSPS) is 21.2. The van der Waals surface area contributed by atoms with E-state index in [4.69, 9.17) is 7.98 Å². The summed E-state index contributed by atoms with van der Waals surface area (Å²) >= 11 is 0. The molecule has 0 N–H and O–H groups in total. The van der Waals surface area contributed by atoms with Gasteiger partial charge in [-0.1, -0.05) is 18.6 Å². The monoisotopic (exact) mass is 293 g/mol. The molecule has 0 bridgehead atoms. The zero-order valence-corrected chi connectivity index (χ0v) is 12.7. The van der Waals surface area contributed by atoms with E-state index in [0.29, 0.717) is 6.42 Å². The molecule has 2 nitrogen and oxygen atoms in total. The van der Waals surface area contributed by atoms with Crippen molar-refractivity contribution in [3.05, 3.63) is 19.1 Å². The first-order chi connectivity index (χ1) is 7.25. The van der Waals surface area contributed by atoms with Crippen LogP contribution in [0.5, 0.6) is 0 Å². The second-order valence-corrected chi connectivity index (χ2v) is 4.05. The average Bonchev–Trinajstić information content (AvgIpc) is 2.24. The summed E-state index contributed by atoms with van der Waals surface area (Å²) in [5.41, 5.74) is 0. The van der Waals surface area contributed by atoms with E-state index < -0.39 is 0 Å². The second kappa shape index (κ2) is 9.41. The number of carbonyl (C=O) groups excluding carboxylic acids is 1. The van der Waals surface area contributed by atoms with E-state index in [1.807, 2.05) is 0 Å². The summed E-state index contributed by atoms with van der Waals surface area (Å²) in [6.07, 6.45) is 11.0. The molecule has 3 radical (unpaired) electrons. The summed E-state index contributed by atoms with van der Waals surface area (Å²) in [6.45, 7) is 3.79. The van der Waals surface area contributed by atoms with Crippen LogP contribution in [-0.4, -0.2) is 24.7 Å². The number of piperidine rings is 1. The van der Waals surface area contributed by atoms with Crippen molar-refractivity contribution < 1.29 is 37.5 Å². The first-order valence-corrected chi connectivity index (χ1v) is 5.76. The SMILES string of the molecule is [B]N1C(=O)CCCC1C/C=C\CCC[CH2-].[Y]. The third-order valence-electron chi connectivity index (χ3n) is 2.80. The molecule has 16 heavy (non-hydrogen) atoms. The third kappa shape index (κ3) is 5.63. The summed E-state index contributed by atoms with van der Waals surface area (Å²) in [7, 11) is 5.70. The van der Waals surface area contributed by atoms with Crippen LogP contribution < -0.4 is 0 Å². The summed E-state index contributed by atoms with van der Waals surface area (Å²) in [4.78, 5) is 12.7. The van der Waals surface area contributed by atoms with Crippen molar-refractivity contribution in [2.24, 2.45) is 0 Å². The summed E-state index contributed by atoms with van der Waals surface area (Å²) in [6, 6.07) is 0.210. The van der Waals surface area contributed by atoms with Crippen molar-refractivity contribution in [3.63, 3.8) is 0 Å². The minimum atomic E-state index is 0. The molecule has 0 aliphatic carbocycles. The molecule has 0 aromatic rings. The Kier molecular flexibility index (Phi) is 9.64. The molecule has 1 aliphatic rings. The Morgan fingerprint density at radius 3 is 2.94 bits per heavy atom. The summed E-state index contributed by atoms with van der Waals surface area (Å²) in [5.74, 6) is 0.0809. The van der Waals surface area contributed by atoms with E-state index in [2.05, 4.69) is 19.1 Å². The number of amides is 1. The maximum Gasteiger partial charge on any atom is 0.230 e. The Morgan fingerprint density at radius 2 is 2.25 bits per heavy atom. The molecule has 0 aromatic carbocycles. The predicted molar refractivity (Wildman–Crippen MR) is 63.2 cm³/mol. The van der Waals surface area contributed by atoms with Crippen molar-refractivity contribution in [2.45, 2.75) is 51.0 Å². The van der Waals surface area contributed by atoms with Gasteiger partial charge >= 0.3 is 0 Å². The average molecular weight is 293 g/mol. The van der Waals surface area contributed by atoms with Crippen molar-refractivity contribution in [1.82, 2.24) is 4.81 Å². The van der Waals surface area contributed by atoms with E-state index in [9.17, 15) is 4.79 Å². The molecular formula is C12H19BNOY-. The van der Waals surface area contributed by atoms with E-state index >= 15 is 0 Å². The van der Waals surface area contributed by atoms with E-state index in [1.54, 1.807) is 0 Å². The Bertz CT molecular complexity index is 233. The van der Waals surface area contributed by atoms with Gasteiger partial charge in [-0.2, -0.15) is 6.42 Å². The summed E-state index contributed by atoms with van der Waals surface area (Å²) in [5, 5.41) is 0. The Labute approximate surface area is 126 Å². The fourth-order valence-electron chi connectivity index (χ4n) is 1.83. The quantitative estimate of drug-likeness (QED) is 0.330. The van der Waals surface area contributed by atoms with Gasteiger partial charge in [0, 0.05) is 45.2 Å². The molecule has 1 aliphatic heterocycles. The standard InChI is InChI=1S/C12H19BNO.Y/c1-2-3-4-5-6-8-11-9-7-10-12(15)14(11)13;/h5-6,11H,1-4,7-10H2;/q-1;/b6-5-;. The van der Waals surface area contributed by atoms with Crippen LogP contribution in [-0.2, 0) is 37.5 Å². The van der Waals surface area contributed by atoms with Crippen LogP contribution in [0.25, 0.3) is 0 Å². The second-order valence-electron chi connectivity index (χ2n) is 4.05. The predicted octanol–water partition coefficient (Wildman–Crippen LogP) is 2.40. The van der Waals surface area contributed by atoms with Crippen molar-refractivity contribution >= 4 is 13.9 Å². The zero-order valence-electron chi connectivity index (χ0n) is 9.90. The molecule has 1 rings (SSSR count). The molecule has 1 fully saturated rings. The van der Waals surface area contributed by atoms with Gasteiger partial charge in [0.05, 0.1) is 0 Å². The molecule has 1 atom stereocenters. The molecule has 85 valence electrons. The summed E-state index contributed by atoms with van der Waals surface area (Å²) < 4.78 is 0. The van der Waals surface area contributed by atoms with Gasteiger partial charge in [-0.3, -0.25) is 4.79 Å². The Morgan fingerprint density at radius 1 is 1.50 bits per heavy atom. The first-order valence-electron chi connectivity index (χ1n) is 5.76. The smallest absolute Gasteiger partial charge is 0.230 e. The van der Waals surface area contributed by atoms with Crippen LogP contribution in [0.2, 0.25) is 0 Å². The van der Waals surface area contributed by atoms with Gasteiger partial charge in [0.2, 0.25) is 13.9 Å². The molecule has 0 spiro atoms. The minimum Gasteiger partial charge on any atom is -0.394 e. The molecular weight excluding hydrogens is 274 g/mol. The number of rotatable bonds is 5. The van der Waals surface area contributed by atoms with Gasteiger partial charge in [0.25, 0.3) is 0 Å². The van der Waals surface area contributed by atoms with Crippen LogP contribution in [0.4, 0.5) is 0 Å². The van der Waals surface area contributed by atoms with E-state index in [1.165, 1.54) is 4.81 Å². The van der Waals surface area contributed by atoms with Crippen molar-refractivity contribution in [3.8, 4) is 0 Å². The number of hydrogen-bond acceptors (Lipinski definition) is 1. The van der Waals surface area contributed by atoms with Crippen LogP contribution >= 0.6 is 0 Å². The number of unbranched alkanes of at least 4 members (excludes halogenated alkanes) is 2. The van der Waals surface area contributed by atoms with Gasteiger partial charge in [0.1, 0.15) is 0 Å². The van der Waals surface area contributed by atoms with Gasteiger partial charge in [-0.25, -0.2) is 0 Å². The number of hydrogen-bond donors (Lipinski definition) is 0. The maximum atomic E-state index is 11.3. The zero-order chi connectivity index (χ0) is 11.1. The van der Waals surface area contributed by atoms with Gasteiger partial charge in [-0.15, -0.1) is 0 Å².